The van der Waals surface area contributed by atoms with Gasteiger partial charge in [-0.15, -0.1) is 0 Å². The number of nitrogens with one attached hydrogen (secondary N) is 2. The van der Waals surface area contributed by atoms with Gasteiger partial charge in [0, 0.05) is 23.5 Å². The topological polar surface area (TPSA) is 71.2 Å². The van der Waals surface area contributed by atoms with E-state index in [0.29, 0.717) is 24.2 Å². The summed E-state index contributed by atoms with van der Waals surface area (Å²) in [4.78, 5) is 29.2. The van der Waals surface area contributed by atoms with Crippen LogP contribution in [0.3, 0.4) is 0 Å². The monoisotopic (exact) mass is 380 g/mol. The molecule has 28 heavy (non-hydrogen) atoms. The second-order valence-corrected chi connectivity index (χ2v) is 9.15. The number of hydrogen-bond acceptors (Lipinski definition) is 3. The molecule has 5 nitrogen and oxygen atoms in total. The third-order valence-corrected chi connectivity index (χ3v) is 7.64. The molecule has 3 bridgehead atoms. The van der Waals surface area contributed by atoms with E-state index in [1.165, 1.54) is 32.8 Å². The van der Waals surface area contributed by atoms with Crippen molar-refractivity contribution >= 4 is 22.8 Å². The van der Waals surface area contributed by atoms with E-state index < -0.39 is 6.04 Å². The molecular formula is C23H28N2O3. The minimum absolute atomic E-state index is 0.0830. The molecule has 1 aromatic carbocycles. The highest BCUT2D eigenvalue weighted by molar-refractivity contribution is 5.90. The predicted octanol–water partition coefficient (Wildman–Crippen LogP) is 3.58. The molecule has 0 unspecified atom stereocenters. The number of benzene rings is 1. The number of carbonyl (C=O) groups excluding carboxylic acids is 2. The number of rotatable bonds is 5. The number of methoxy groups -OCH3 is 1. The Morgan fingerprint density at radius 2 is 2.04 bits per heavy atom. The van der Waals surface area contributed by atoms with Gasteiger partial charge >= 0.3 is 5.97 Å². The van der Waals surface area contributed by atoms with Gasteiger partial charge in [0.25, 0.3) is 0 Å². The molecule has 5 heteroatoms. The number of ether oxygens (including phenoxy) is 1. The van der Waals surface area contributed by atoms with Gasteiger partial charge in [-0.1, -0.05) is 24.6 Å². The average molecular weight is 380 g/mol. The van der Waals surface area contributed by atoms with Crippen LogP contribution in [-0.4, -0.2) is 30.0 Å². The third kappa shape index (κ3) is 2.75. The van der Waals surface area contributed by atoms with E-state index in [1.807, 2.05) is 30.5 Å². The molecule has 3 fully saturated rings. The number of hydrogen-bond donors (Lipinski definition) is 2. The number of aromatic nitrogens is 1. The van der Waals surface area contributed by atoms with Crippen molar-refractivity contribution in [2.24, 2.45) is 23.2 Å². The van der Waals surface area contributed by atoms with Gasteiger partial charge < -0.3 is 15.0 Å². The Kier molecular flexibility index (Phi) is 4.22. The summed E-state index contributed by atoms with van der Waals surface area (Å²) in [7, 11) is 1.39. The molecule has 3 saturated carbocycles. The van der Waals surface area contributed by atoms with Crippen LogP contribution in [0.15, 0.2) is 30.5 Å². The lowest BCUT2D eigenvalue weighted by Crippen LogP contribution is -2.53. The zero-order valence-electron chi connectivity index (χ0n) is 16.4. The standard InChI is InChI=1S/C23H28N2O3/c1-28-21(26)20(10-16-13-24-19-5-3-2-4-18(16)19)25-22(27)23-11-14-6-7-17(23)9-15(8-14)12-23/h2-5,13-15,17,20,24H,6-12H2,1H3,(H,25,27)/t14-,15-,17+,20+,23+/m1/s1. The first-order chi connectivity index (χ1) is 13.6. The van der Waals surface area contributed by atoms with Crippen molar-refractivity contribution in [1.29, 1.82) is 0 Å². The van der Waals surface area contributed by atoms with Crippen molar-refractivity contribution in [3.8, 4) is 0 Å². The SMILES string of the molecule is COC(=O)[C@H](Cc1c[nH]c2ccccc12)NC(=O)[C@]12C[C@@H]3CC[C@H]1C[C@@H](C3)C2. The smallest absolute Gasteiger partial charge is 0.328 e. The van der Waals surface area contributed by atoms with Crippen LogP contribution in [0.4, 0.5) is 0 Å². The fraction of sp³-hybridized carbons (Fsp3) is 0.565. The molecule has 0 aliphatic heterocycles. The van der Waals surface area contributed by atoms with Gasteiger partial charge in [-0.25, -0.2) is 4.79 Å². The maximum Gasteiger partial charge on any atom is 0.328 e. The highest BCUT2D eigenvalue weighted by atomic mass is 16.5. The molecule has 148 valence electrons. The molecule has 3 aliphatic rings. The predicted molar refractivity (Wildman–Crippen MR) is 107 cm³/mol. The molecule has 1 aromatic heterocycles. The Morgan fingerprint density at radius 3 is 2.89 bits per heavy atom. The van der Waals surface area contributed by atoms with Gasteiger partial charge in [0.1, 0.15) is 6.04 Å². The second-order valence-electron chi connectivity index (χ2n) is 9.15. The molecule has 5 rings (SSSR count). The molecule has 2 N–H and O–H groups in total. The molecule has 5 atom stereocenters. The van der Waals surface area contributed by atoms with E-state index in [9.17, 15) is 9.59 Å². The minimum Gasteiger partial charge on any atom is -0.467 e. The van der Waals surface area contributed by atoms with Gasteiger partial charge in [-0.3, -0.25) is 4.79 Å². The van der Waals surface area contributed by atoms with Crippen molar-refractivity contribution in [3.05, 3.63) is 36.0 Å². The van der Waals surface area contributed by atoms with Crippen LogP contribution in [0, 0.1) is 23.2 Å². The number of aromatic amines is 1. The fourth-order valence-electron chi connectivity index (χ4n) is 6.47. The Labute approximate surface area is 165 Å². The van der Waals surface area contributed by atoms with Crippen molar-refractivity contribution in [2.45, 2.75) is 51.0 Å². The van der Waals surface area contributed by atoms with E-state index >= 15 is 0 Å². The molecule has 0 spiro atoms. The largest absolute Gasteiger partial charge is 0.467 e. The van der Waals surface area contributed by atoms with E-state index in [4.69, 9.17) is 4.74 Å². The highest BCUT2D eigenvalue weighted by Gasteiger charge is 2.58. The lowest BCUT2D eigenvalue weighted by molar-refractivity contribution is -0.148. The quantitative estimate of drug-likeness (QED) is 0.779. The lowest BCUT2D eigenvalue weighted by atomic mass is 9.61. The summed E-state index contributed by atoms with van der Waals surface area (Å²) in [5, 5.41) is 4.20. The Hall–Kier alpha value is -2.30. The summed E-state index contributed by atoms with van der Waals surface area (Å²) < 4.78 is 5.04. The van der Waals surface area contributed by atoms with Crippen LogP contribution in [0.25, 0.3) is 10.9 Å². The second kappa shape index (κ2) is 6.64. The number of H-pyrrole nitrogens is 1. The first-order valence-electron chi connectivity index (χ1n) is 10.5. The maximum atomic E-state index is 13.5. The van der Waals surface area contributed by atoms with Crippen molar-refractivity contribution in [1.82, 2.24) is 10.3 Å². The maximum absolute atomic E-state index is 13.5. The van der Waals surface area contributed by atoms with E-state index in [0.717, 1.165) is 29.3 Å². The van der Waals surface area contributed by atoms with Gasteiger partial charge in [0.05, 0.1) is 12.5 Å². The zero-order valence-corrected chi connectivity index (χ0v) is 16.4. The Balaban J connectivity index is 1.39. The van der Waals surface area contributed by atoms with Crippen molar-refractivity contribution < 1.29 is 14.3 Å². The summed E-state index contributed by atoms with van der Waals surface area (Å²) in [6, 6.07) is 7.38. The average Bonchev–Trinajstić information content (AvgIpc) is 3.18. The molecule has 2 aromatic rings. The minimum atomic E-state index is -0.648. The Morgan fingerprint density at radius 1 is 1.21 bits per heavy atom. The van der Waals surface area contributed by atoms with Crippen LogP contribution >= 0.6 is 0 Å². The summed E-state index contributed by atoms with van der Waals surface area (Å²) in [5.74, 6) is 1.59. The summed E-state index contributed by atoms with van der Waals surface area (Å²) in [6.45, 7) is 0. The van der Waals surface area contributed by atoms with Crippen LogP contribution in [0.2, 0.25) is 0 Å². The first-order valence-corrected chi connectivity index (χ1v) is 10.5. The van der Waals surface area contributed by atoms with Gasteiger partial charge in [-0.05, 0) is 61.5 Å². The van der Waals surface area contributed by atoms with Crippen LogP contribution < -0.4 is 5.32 Å². The van der Waals surface area contributed by atoms with Crippen LogP contribution in [0.1, 0.15) is 44.1 Å². The molecule has 1 amide bonds. The van der Waals surface area contributed by atoms with Gasteiger partial charge in [0.2, 0.25) is 5.91 Å². The van der Waals surface area contributed by atoms with E-state index in [1.54, 1.807) is 0 Å². The molecule has 0 radical (unpaired) electrons. The van der Waals surface area contributed by atoms with Crippen molar-refractivity contribution in [2.75, 3.05) is 7.11 Å². The molecular weight excluding hydrogens is 352 g/mol. The third-order valence-electron chi connectivity index (χ3n) is 7.64. The molecule has 3 aliphatic carbocycles. The number of fused-ring (bicyclic) bond motifs is 3. The molecule has 1 heterocycles. The summed E-state index contributed by atoms with van der Waals surface area (Å²) >= 11 is 0. The summed E-state index contributed by atoms with van der Waals surface area (Å²) in [5.41, 5.74) is 1.81. The van der Waals surface area contributed by atoms with E-state index in [-0.39, 0.29) is 17.3 Å². The van der Waals surface area contributed by atoms with Crippen LogP contribution in [0.5, 0.6) is 0 Å². The number of para-hydroxylation sites is 1. The van der Waals surface area contributed by atoms with Gasteiger partial charge in [0.15, 0.2) is 0 Å². The highest BCUT2D eigenvalue weighted by Crippen LogP contribution is 2.62. The van der Waals surface area contributed by atoms with E-state index in [2.05, 4.69) is 10.3 Å². The Bertz CT molecular complexity index is 919. The number of amides is 1. The lowest BCUT2D eigenvalue weighted by Gasteiger charge is -2.44. The van der Waals surface area contributed by atoms with Crippen molar-refractivity contribution in [3.63, 3.8) is 0 Å². The summed E-state index contributed by atoms with van der Waals surface area (Å²) in [6.07, 6.45) is 9.29. The first kappa shape index (κ1) is 17.8. The molecule has 0 saturated heterocycles. The number of esters is 1. The fourth-order valence-corrected chi connectivity index (χ4v) is 6.47. The van der Waals surface area contributed by atoms with Crippen LogP contribution in [-0.2, 0) is 20.7 Å². The van der Waals surface area contributed by atoms with Gasteiger partial charge in [-0.2, -0.15) is 0 Å². The number of carbonyl (C=O) groups is 2. The zero-order chi connectivity index (χ0) is 19.3. The normalized spacial score (nSPS) is 31.7.